The number of hydrogen-bond acceptors (Lipinski definition) is 6. The van der Waals surface area contributed by atoms with Crippen LogP contribution in [-0.2, 0) is 20.0 Å². The summed E-state index contributed by atoms with van der Waals surface area (Å²) in [6.07, 6.45) is 0. The van der Waals surface area contributed by atoms with E-state index in [1.165, 1.54) is 51.5 Å². The number of phenols is 1. The highest BCUT2D eigenvalue weighted by Crippen LogP contribution is 2.29. The zero-order valence-corrected chi connectivity index (χ0v) is 15.4. The molecule has 0 fully saturated rings. The Labute approximate surface area is 146 Å². The van der Waals surface area contributed by atoms with Crippen molar-refractivity contribution in [2.75, 3.05) is 25.9 Å². The van der Waals surface area contributed by atoms with Crippen LogP contribution in [0.2, 0.25) is 0 Å². The van der Waals surface area contributed by atoms with Crippen molar-refractivity contribution in [1.82, 2.24) is 4.31 Å². The Kier molecular flexibility index (Phi) is 5.26. The van der Waals surface area contributed by atoms with Gasteiger partial charge < -0.3 is 9.84 Å². The molecule has 2 aromatic rings. The molecule has 0 atom stereocenters. The molecule has 0 heterocycles. The van der Waals surface area contributed by atoms with Crippen LogP contribution in [0.1, 0.15) is 0 Å². The lowest BCUT2D eigenvalue weighted by Crippen LogP contribution is -2.22. The zero-order chi connectivity index (χ0) is 18.8. The lowest BCUT2D eigenvalue weighted by atomic mass is 10.3. The highest BCUT2D eigenvalue weighted by molar-refractivity contribution is 7.92. The molecule has 0 bridgehead atoms. The summed E-state index contributed by atoms with van der Waals surface area (Å²) in [5.41, 5.74) is -0.237. The van der Waals surface area contributed by atoms with Crippen molar-refractivity contribution >= 4 is 25.7 Å². The SMILES string of the molecule is COc1ccc(S(=O)(=O)Nc2cc(S(=O)(=O)N(C)C)ccc2O)cc1. The quantitative estimate of drug-likeness (QED) is 0.727. The van der Waals surface area contributed by atoms with E-state index in [0.717, 1.165) is 16.4 Å². The summed E-state index contributed by atoms with van der Waals surface area (Å²) >= 11 is 0. The van der Waals surface area contributed by atoms with Gasteiger partial charge in [0.15, 0.2) is 0 Å². The Bertz CT molecular complexity index is 968. The van der Waals surface area contributed by atoms with Gasteiger partial charge in [-0.3, -0.25) is 4.72 Å². The molecule has 0 aromatic heterocycles. The molecule has 0 amide bonds. The van der Waals surface area contributed by atoms with Gasteiger partial charge in [0, 0.05) is 14.1 Å². The maximum atomic E-state index is 12.4. The summed E-state index contributed by atoms with van der Waals surface area (Å²) in [6.45, 7) is 0. The number of aromatic hydroxyl groups is 1. The van der Waals surface area contributed by atoms with Gasteiger partial charge in [-0.2, -0.15) is 0 Å². The van der Waals surface area contributed by atoms with E-state index in [9.17, 15) is 21.9 Å². The number of sulfonamides is 2. The van der Waals surface area contributed by atoms with E-state index in [4.69, 9.17) is 4.74 Å². The number of phenolic OH excluding ortho intramolecular Hbond substituents is 1. The normalized spacial score (nSPS) is 12.2. The molecule has 8 nitrogen and oxygen atoms in total. The topological polar surface area (TPSA) is 113 Å². The van der Waals surface area contributed by atoms with Crippen molar-refractivity contribution in [1.29, 1.82) is 0 Å². The fourth-order valence-corrected chi connectivity index (χ4v) is 3.92. The van der Waals surface area contributed by atoms with Crippen LogP contribution in [0, 0.1) is 0 Å². The van der Waals surface area contributed by atoms with E-state index >= 15 is 0 Å². The fourth-order valence-electron chi connectivity index (χ4n) is 1.93. The number of rotatable bonds is 6. The molecule has 0 aliphatic rings. The van der Waals surface area contributed by atoms with Gasteiger partial charge >= 0.3 is 0 Å². The Morgan fingerprint density at radius 2 is 1.52 bits per heavy atom. The molecule has 0 saturated heterocycles. The molecular formula is C15H18N2O6S2. The van der Waals surface area contributed by atoms with Gasteiger partial charge in [-0.25, -0.2) is 21.1 Å². The minimum atomic E-state index is -4.02. The second-order valence-corrected chi connectivity index (χ2v) is 9.08. The van der Waals surface area contributed by atoms with Crippen LogP contribution in [0.15, 0.2) is 52.3 Å². The van der Waals surface area contributed by atoms with Crippen molar-refractivity contribution in [2.45, 2.75) is 9.79 Å². The van der Waals surface area contributed by atoms with Crippen LogP contribution < -0.4 is 9.46 Å². The van der Waals surface area contributed by atoms with Crippen LogP contribution in [0.25, 0.3) is 0 Å². The maximum Gasteiger partial charge on any atom is 0.262 e. The molecule has 2 rings (SSSR count). The first-order chi connectivity index (χ1) is 11.6. The van der Waals surface area contributed by atoms with E-state index in [1.807, 2.05) is 0 Å². The summed E-state index contributed by atoms with van der Waals surface area (Å²) in [6, 6.07) is 8.98. The average molecular weight is 386 g/mol. The number of methoxy groups -OCH3 is 1. The molecular weight excluding hydrogens is 368 g/mol. The Balaban J connectivity index is 2.41. The number of ether oxygens (including phenoxy) is 1. The summed E-state index contributed by atoms with van der Waals surface area (Å²) in [5.74, 6) is 0.0932. The second-order valence-electron chi connectivity index (χ2n) is 5.25. The molecule has 136 valence electrons. The molecule has 10 heteroatoms. The van der Waals surface area contributed by atoms with Gasteiger partial charge in [-0.1, -0.05) is 0 Å². The van der Waals surface area contributed by atoms with E-state index in [0.29, 0.717) is 5.75 Å². The zero-order valence-electron chi connectivity index (χ0n) is 13.8. The number of benzene rings is 2. The first kappa shape index (κ1) is 19.0. The van der Waals surface area contributed by atoms with Gasteiger partial charge in [0.05, 0.1) is 22.6 Å². The molecule has 0 unspecified atom stereocenters. The third kappa shape index (κ3) is 4.03. The third-order valence-electron chi connectivity index (χ3n) is 3.36. The minimum absolute atomic E-state index is 0.0615. The summed E-state index contributed by atoms with van der Waals surface area (Å²) in [4.78, 5) is -0.212. The van der Waals surface area contributed by atoms with Crippen molar-refractivity contribution in [3.63, 3.8) is 0 Å². The van der Waals surface area contributed by atoms with Gasteiger partial charge in [-0.05, 0) is 42.5 Å². The fraction of sp³-hybridized carbons (Fsp3) is 0.200. The Hall–Kier alpha value is -2.30. The van der Waals surface area contributed by atoms with E-state index in [-0.39, 0.29) is 15.5 Å². The number of nitrogens with zero attached hydrogens (tertiary/aromatic N) is 1. The average Bonchev–Trinajstić information content (AvgIpc) is 2.56. The summed E-state index contributed by atoms with van der Waals surface area (Å²) in [5, 5.41) is 9.88. The van der Waals surface area contributed by atoms with Crippen molar-refractivity contribution in [2.24, 2.45) is 0 Å². The monoisotopic (exact) mass is 386 g/mol. The molecule has 25 heavy (non-hydrogen) atoms. The molecule has 0 spiro atoms. The second kappa shape index (κ2) is 6.90. The molecule has 0 saturated carbocycles. The van der Waals surface area contributed by atoms with Crippen LogP contribution in [0.5, 0.6) is 11.5 Å². The Morgan fingerprint density at radius 1 is 0.960 bits per heavy atom. The van der Waals surface area contributed by atoms with E-state index in [2.05, 4.69) is 4.72 Å². The molecule has 2 N–H and O–H groups in total. The van der Waals surface area contributed by atoms with Crippen LogP contribution in [0.3, 0.4) is 0 Å². The molecule has 2 aromatic carbocycles. The lowest BCUT2D eigenvalue weighted by Gasteiger charge is -2.14. The largest absolute Gasteiger partial charge is 0.506 e. The third-order valence-corrected chi connectivity index (χ3v) is 6.55. The Morgan fingerprint density at radius 3 is 2.04 bits per heavy atom. The number of hydrogen-bond donors (Lipinski definition) is 2. The molecule has 0 radical (unpaired) electrons. The number of anilines is 1. The highest BCUT2D eigenvalue weighted by atomic mass is 32.2. The predicted octanol–water partition coefficient (Wildman–Crippen LogP) is 1.45. The van der Waals surface area contributed by atoms with Gasteiger partial charge in [-0.15, -0.1) is 0 Å². The first-order valence-corrected chi connectivity index (χ1v) is 9.92. The summed E-state index contributed by atoms with van der Waals surface area (Å²) in [7, 11) is -3.64. The molecule has 0 aliphatic heterocycles. The summed E-state index contributed by atoms with van der Waals surface area (Å²) < 4.78 is 57.3. The smallest absolute Gasteiger partial charge is 0.262 e. The van der Waals surface area contributed by atoms with E-state index < -0.39 is 25.8 Å². The van der Waals surface area contributed by atoms with Crippen molar-refractivity contribution in [3.8, 4) is 11.5 Å². The van der Waals surface area contributed by atoms with E-state index in [1.54, 1.807) is 0 Å². The van der Waals surface area contributed by atoms with Crippen molar-refractivity contribution < 1.29 is 26.7 Å². The van der Waals surface area contributed by atoms with Crippen LogP contribution in [0.4, 0.5) is 5.69 Å². The van der Waals surface area contributed by atoms with Crippen molar-refractivity contribution in [3.05, 3.63) is 42.5 Å². The van der Waals surface area contributed by atoms with Crippen LogP contribution >= 0.6 is 0 Å². The predicted molar refractivity (Wildman–Crippen MR) is 92.8 cm³/mol. The standard InChI is InChI=1S/C15H18N2O6S2/c1-17(2)25(21,22)13-8-9-15(18)14(10-13)16-24(19,20)12-6-4-11(23-3)5-7-12/h4-10,16,18H,1-3H3. The highest BCUT2D eigenvalue weighted by Gasteiger charge is 2.21. The maximum absolute atomic E-state index is 12.4. The van der Waals surface area contributed by atoms with Gasteiger partial charge in [0.1, 0.15) is 11.5 Å². The minimum Gasteiger partial charge on any atom is -0.506 e. The first-order valence-electron chi connectivity index (χ1n) is 7.00. The lowest BCUT2D eigenvalue weighted by molar-refractivity contribution is 0.414. The van der Waals surface area contributed by atoms with Crippen LogP contribution in [-0.4, -0.2) is 47.5 Å². The van der Waals surface area contributed by atoms with Gasteiger partial charge in [0.25, 0.3) is 10.0 Å². The number of nitrogens with one attached hydrogen (secondary N) is 1. The van der Waals surface area contributed by atoms with Gasteiger partial charge in [0.2, 0.25) is 10.0 Å². The molecule has 0 aliphatic carbocycles.